The van der Waals surface area contributed by atoms with Gasteiger partial charge in [-0.2, -0.15) is 0 Å². The molecule has 2 heterocycles. The van der Waals surface area contributed by atoms with Crippen molar-refractivity contribution < 1.29 is 9.53 Å². The van der Waals surface area contributed by atoms with E-state index in [2.05, 4.69) is 15.2 Å². The Balaban J connectivity index is 1.86. The molecular formula is C15H25N3O2S. The van der Waals surface area contributed by atoms with Crippen LogP contribution in [0, 0.1) is 0 Å². The highest BCUT2D eigenvalue weighted by atomic mass is 32.1. The summed E-state index contributed by atoms with van der Waals surface area (Å²) < 4.78 is 5.12. The molecule has 1 aliphatic heterocycles. The zero-order valence-electron chi connectivity index (χ0n) is 13.1. The van der Waals surface area contributed by atoms with E-state index in [1.165, 1.54) is 25.9 Å². The topological polar surface area (TPSA) is 54.5 Å². The van der Waals surface area contributed by atoms with Crippen LogP contribution in [0.4, 0.5) is 5.13 Å². The first-order valence-electron chi connectivity index (χ1n) is 7.63. The summed E-state index contributed by atoms with van der Waals surface area (Å²) in [4.78, 5) is 19.0. The van der Waals surface area contributed by atoms with E-state index in [9.17, 15) is 4.79 Å². The first-order valence-corrected chi connectivity index (χ1v) is 8.51. The number of nitrogens with zero attached hydrogens (tertiary/aromatic N) is 2. The third-order valence-electron chi connectivity index (χ3n) is 3.83. The molecule has 118 valence electrons. The lowest BCUT2D eigenvalue weighted by atomic mass is 9.90. The number of ether oxygens (including phenoxy) is 1. The summed E-state index contributed by atoms with van der Waals surface area (Å²) in [6, 6.07) is 0. The molecule has 0 radical (unpaired) electrons. The Hall–Kier alpha value is -1.14. The number of esters is 1. The predicted octanol–water partition coefficient (Wildman–Crippen LogP) is 2.49. The Bertz CT molecular complexity index is 467. The van der Waals surface area contributed by atoms with Gasteiger partial charge in [0.1, 0.15) is 5.41 Å². The van der Waals surface area contributed by atoms with E-state index in [-0.39, 0.29) is 5.97 Å². The van der Waals surface area contributed by atoms with Gasteiger partial charge in [0.25, 0.3) is 0 Å². The fraction of sp³-hybridized carbons (Fsp3) is 0.733. The zero-order chi connectivity index (χ0) is 15.3. The van der Waals surface area contributed by atoms with Crippen LogP contribution < -0.4 is 5.32 Å². The minimum atomic E-state index is -0.693. The van der Waals surface area contributed by atoms with E-state index in [0.717, 1.165) is 23.9 Å². The molecule has 21 heavy (non-hydrogen) atoms. The predicted molar refractivity (Wildman–Crippen MR) is 85.9 cm³/mol. The van der Waals surface area contributed by atoms with Crippen molar-refractivity contribution in [3.8, 4) is 0 Å². The standard InChI is InChI=1S/C15H25N3O2S/c1-4-20-13(19)15(2,3)12-11-21-14(17-12)16-7-10-18-8-5-6-9-18/h11H,4-10H2,1-3H3,(H,16,17). The van der Waals surface area contributed by atoms with Gasteiger partial charge in [-0.1, -0.05) is 0 Å². The van der Waals surface area contributed by atoms with Crippen LogP contribution in [0.1, 0.15) is 39.3 Å². The van der Waals surface area contributed by atoms with Gasteiger partial charge in [0.2, 0.25) is 0 Å². The zero-order valence-corrected chi connectivity index (χ0v) is 14.0. The summed E-state index contributed by atoms with van der Waals surface area (Å²) in [6.07, 6.45) is 2.63. The fourth-order valence-electron chi connectivity index (χ4n) is 2.39. The van der Waals surface area contributed by atoms with Gasteiger partial charge in [-0.05, 0) is 46.7 Å². The van der Waals surface area contributed by atoms with Crippen LogP contribution in [0.3, 0.4) is 0 Å². The molecule has 0 bridgehead atoms. The number of hydrogen-bond donors (Lipinski definition) is 1. The normalized spacial score (nSPS) is 16.1. The molecule has 1 aromatic heterocycles. The maximum absolute atomic E-state index is 12.0. The number of carbonyl (C=O) groups excluding carboxylic acids is 1. The monoisotopic (exact) mass is 311 g/mol. The third-order valence-corrected chi connectivity index (χ3v) is 4.63. The SMILES string of the molecule is CCOC(=O)C(C)(C)c1csc(NCCN2CCCC2)n1. The number of nitrogens with one attached hydrogen (secondary N) is 1. The second-order valence-electron chi connectivity index (χ2n) is 5.86. The molecule has 0 aromatic carbocycles. The molecule has 1 aromatic rings. The Labute approximate surface area is 130 Å². The smallest absolute Gasteiger partial charge is 0.317 e. The van der Waals surface area contributed by atoms with Crippen molar-refractivity contribution in [3.63, 3.8) is 0 Å². The molecule has 1 N–H and O–H groups in total. The lowest BCUT2D eigenvalue weighted by Crippen LogP contribution is -2.31. The molecule has 1 saturated heterocycles. The van der Waals surface area contributed by atoms with Crippen molar-refractivity contribution in [2.45, 2.75) is 39.0 Å². The lowest BCUT2D eigenvalue weighted by molar-refractivity contribution is -0.148. The van der Waals surface area contributed by atoms with E-state index < -0.39 is 5.41 Å². The number of hydrogen-bond acceptors (Lipinski definition) is 6. The molecule has 0 aliphatic carbocycles. The van der Waals surface area contributed by atoms with E-state index in [1.807, 2.05) is 26.2 Å². The van der Waals surface area contributed by atoms with Gasteiger partial charge >= 0.3 is 5.97 Å². The maximum Gasteiger partial charge on any atom is 0.317 e. The average molecular weight is 311 g/mol. The van der Waals surface area contributed by atoms with Crippen LogP contribution in [0.5, 0.6) is 0 Å². The van der Waals surface area contributed by atoms with E-state index in [0.29, 0.717) is 6.61 Å². The number of thiazole rings is 1. The lowest BCUT2D eigenvalue weighted by Gasteiger charge is -2.19. The molecule has 0 spiro atoms. The van der Waals surface area contributed by atoms with Gasteiger partial charge in [0.15, 0.2) is 5.13 Å². The van der Waals surface area contributed by atoms with Gasteiger partial charge in [0.05, 0.1) is 12.3 Å². The number of anilines is 1. The summed E-state index contributed by atoms with van der Waals surface area (Å²) in [5.41, 5.74) is 0.0797. The van der Waals surface area contributed by atoms with Gasteiger partial charge in [-0.3, -0.25) is 4.79 Å². The van der Waals surface area contributed by atoms with Crippen LogP contribution >= 0.6 is 11.3 Å². The van der Waals surface area contributed by atoms with Gasteiger partial charge < -0.3 is 15.0 Å². The van der Waals surface area contributed by atoms with Crippen molar-refractivity contribution in [1.29, 1.82) is 0 Å². The Morgan fingerprint density at radius 1 is 1.48 bits per heavy atom. The van der Waals surface area contributed by atoms with Crippen LogP contribution in [0.15, 0.2) is 5.38 Å². The highest BCUT2D eigenvalue weighted by Gasteiger charge is 2.33. The number of carbonyl (C=O) groups is 1. The van der Waals surface area contributed by atoms with Crippen LogP contribution in [0.25, 0.3) is 0 Å². The minimum Gasteiger partial charge on any atom is -0.465 e. The van der Waals surface area contributed by atoms with Crippen molar-refractivity contribution in [2.75, 3.05) is 38.1 Å². The Kier molecular flexibility index (Phi) is 5.58. The summed E-state index contributed by atoms with van der Waals surface area (Å²) in [7, 11) is 0. The Morgan fingerprint density at radius 3 is 2.86 bits per heavy atom. The first kappa shape index (κ1) is 16.2. The summed E-state index contributed by atoms with van der Waals surface area (Å²) in [5.74, 6) is -0.223. The highest BCUT2D eigenvalue weighted by Crippen LogP contribution is 2.28. The molecule has 0 amide bonds. The quantitative estimate of drug-likeness (QED) is 0.784. The molecule has 0 unspecified atom stereocenters. The van der Waals surface area contributed by atoms with E-state index in [4.69, 9.17) is 4.74 Å². The van der Waals surface area contributed by atoms with Crippen molar-refractivity contribution in [3.05, 3.63) is 11.1 Å². The van der Waals surface area contributed by atoms with Gasteiger partial charge in [-0.25, -0.2) is 4.98 Å². The largest absolute Gasteiger partial charge is 0.465 e. The number of rotatable bonds is 7. The van der Waals surface area contributed by atoms with Crippen molar-refractivity contribution in [2.24, 2.45) is 0 Å². The van der Waals surface area contributed by atoms with Gasteiger partial charge in [-0.15, -0.1) is 11.3 Å². The third kappa shape index (κ3) is 4.17. The molecule has 0 atom stereocenters. The molecule has 5 nitrogen and oxygen atoms in total. The molecule has 1 fully saturated rings. The van der Waals surface area contributed by atoms with Crippen LogP contribution in [-0.4, -0.2) is 48.6 Å². The van der Waals surface area contributed by atoms with Crippen molar-refractivity contribution >= 4 is 22.4 Å². The van der Waals surface area contributed by atoms with Crippen LogP contribution in [0.2, 0.25) is 0 Å². The van der Waals surface area contributed by atoms with Crippen LogP contribution in [-0.2, 0) is 14.9 Å². The maximum atomic E-state index is 12.0. The fourth-order valence-corrected chi connectivity index (χ4v) is 3.29. The molecule has 6 heteroatoms. The summed E-state index contributed by atoms with van der Waals surface area (Å²) in [6.45, 7) is 10.3. The second kappa shape index (κ2) is 7.22. The Morgan fingerprint density at radius 2 is 2.19 bits per heavy atom. The molecule has 0 saturated carbocycles. The number of likely N-dealkylation sites (tertiary alicyclic amines) is 1. The summed E-state index contributed by atoms with van der Waals surface area (Å²) in [5, 5.41) is 6.16. The summed E-state index contributed by atoms with van der Waals surface area (Å²) >= 11 is 1.55. The number of aromatic nitrogens is 1. The average Bonchev–Trinajstić information content (AvgIpc) is 3.10. The molecule has 1 aliphatic rings. The van der Waals surface area contributed by atoms with E-state index in [1.54, 1.807) is 11.3 Å². The first-order chi connectivity index (χ1) is 10.0. The minimum absolute atomic E-state index is 0.223. The van der Waals surface area contributed by atoms with Gasteiger partial charge in [0, 0.05) is 18.5 Å². The highest BCUT2D eigenvalue weighted by molar-refractivity contribution is 7.13. The molecule has 2 rings (SSSR count). The second-order valence-corrected chi connectivity index (χ2v) is 6.72. The van der Waals surface area contributed by atoms with Crippen molar-refractivity contribution in [1.82, 2.24) is 9.88 Å². The van der Waals surface area contributed by atoms with E-state index >= 15 is 0 Å². The molecular weight excluding hydrogens is 286 g/mol.